The van der Waals surface area contributed by atoms with Gasteiger partial charge in [-0.15, -0.1) is 0 Å². The Kier molecular flexibility index (Phi) is 6.76. The summed E-state index contributed by atoms with van der Waals surface area (Å²) in [5.41, 5.74) is 1.85. The molecule has 0 unspecified atom stereocenters. The van der Waals surface area contributed by atoms with E-state index in [0.29, 0.717) is 16.7 Å². The topological polar surface area (TPSA) is 50.5 Å². The largest absolute Gasteiger partial charge is 0.494 e. The minimum atomic E-state index is -0.208. The Morgan fingerprint density at radius 2 is 1.85 bits per heavy atom. The molecule has 0 bridgehead atoms. The van der Waals surface area contributed by atoms with Crippen LogP contribution in [0.1, 0.15) is 30.5 Å². The molecule has 2 aromatic heterocycles. The fraction of sp³-hybridized carbons (Fsp3) is 0.154. The molecule has 0 aliphatic carbocycles. The van der Waals surface area contributed by atoms with Crippen molar-refractivity contribution in [2.24, 2.45) is 0 Å². The van der Waals surface area contributed by atoms with E-state index in [1.54, 1.807) is 18.0 Å². The number of rotatable bonds is 7. The molecule has 1 N–H and O–H groups in total. The second-order valence-electron chi connectivity index (χ2n) is 7.64. The third kappa shape index (κ3) is 4.78. The van der Waals surface area contributed by atoms with Crippen LogP contribution < -0.4 is 15.0 Å². The predicted molar refractivity (Wildman–Crippen MR) is 140 cm³/mol. The lowest BCUT2D eigenvalue weighted by Crippen LogP contribution is -2.29. The number of pyridine rings is 1. The van der Waals surface area contributed by atoms with Gasteiger partial charge in [-0.25, -0.2) is 0 Å². The molecule has 5 rings (SSSR count). The minimum Gasteiger partial charge on any atom is -0.494 e. The van der Waals surface area contributed by atoms with Crippen molar-refractivity contribution in [1.82, 2.24) is 10.3 Å². The van der Waals surface area contributed by atoms with Crippen molar-refractivity contribution in [2.45, 2.75) is 29.0 Å². The highest BCUT2D eigenvalue weighted by Crippen LogP contribution is 2.43. The summed E-state index contributed by atoms with van der Waals surface area (Å²) >= 11 is 13.4. The number of halogens is 1. The van der Waals surface area contributed by atoms with E-state index >= 15 is 0 Å². The standard InChI is InChI=1S/C26H22ClN3O2S2/c1-2-31-19-10-8-18(9-11-19)30-25(24(29-26(30)33)21-5-3-4-16-28-21)22-14-15-23(32-22)34-20-12-6-17(27)7-13-20/h3-16,24-25H,2H2,1H3,(H,29,33)/t24-,25-/m1/s1. The van der Waals surface area contributed by atoms with Crippen molar-refractivity contribution in [3.8, 4) is 5.75 Å². The predicted octanol–water partition coefficient (Wildman–Crippen LogP) is 7.06. The minimum absolute atomic E-state index is 0.167. The Balaban J connectivity index is 1.50. The van der Waals surface area contributed by atoms with Gasteiger partial charge < -0.3 is 19.4 Å². The van der Waals surface area contributed by atoms with Gasteiger partial charge in [0.2, 0.25) is 0 Å². The number of nitrogens with one attached hydrogen (secondary N) is 1. The maximum absolute atomic E-state index is 6.35. The normalized spacial score (nSPS) is 17.6. The van der Waals surface area contributed by atoms with Gasteiger partial charge in [0.05, 0.1) is 18.3 Å². The molecule has 0 spiro atoms. The summed E-state index contributed by atoms with van der Waals surface area (Å²) in [6.45, 7) is 2.59. The Bertz CT molecular complexity index is 1260. The number of hydrogen-bond donors (Lipinski definition) is 1. The van der Waals surface area contributed by atoms with Gasteiger partial charge in [0.15, 0.2) is 10.2 Å². The fourth-order valence-electron chi connectivity index (χ4n) is 3.96. The molecule has 1 aliphatic heterocycles. The average molecular weight is 508 g/mol. The van der Waals surface area contributed by atoms with E-state index in [9.17, 15) is 0 Å². The molecule has 0 amide bonds. The Hall–Kier alpha value is -3.00. The molecule has 34 heavy (non-hydrogen) atoms. The van der Waals surface area contributed by atoms with Crippen LogP contribution in [0.4, 0.5) is 5.69 Å². The van der Waals surface area contributed by atoms with E-state index in [4.69, 9.17) is 33.0 Å². The molecule has 3 heterocycles. The second-order valence-corrected chi connectivity index (χ2v) is 9.54. The molecule has 0 radical (unpaired) electrons. The zero-order valence-corrected chi connectivity index (χ0v) is 20.7. The monoisotopic (exact) mass is 507 g/mol. The summed E-state index contributed by atoms with van der Waals surface area (Å²) < 4.78 is 12.0. The van der Waals surface area contributed by atoms with Crippen LogP contribution in [0.2, 0.25) is 5.02 Å². The van der Waals surface area contributed by atoms with Crippen LogP contribution in [0.3, 0.4) is 0 Å². The molecule has 1 fully saturated rings. The zero-order chi connectivity index (χ0) is 23.5. The molecule has 2 atom stereocenters. The highest BCUT2D eigenvalue weighted by Gasteiger charge is 2.42. The van der Waals surface area contributed by atoms with E-state index in [-0.39, 0.29) is 12.1 Å². The van der Waals surface area contributed by atoms with Crippen molar-refractivity contribution in [3.05, 3.63) is 102 Å². The number of nitrogens with zero attached hydrogens (tertiary/aromatic N) is 2. The van der Waals surface area contributed by atoms with Crippen molar-refractivity contribution in [3.63, 3.8) is 0 Å². The van der Waals surface area contributed by atoms with E-state index < -0.39 is 0 Å². The molecular weight excluding hydrogens is 486 g/mol. The first kappa shape index (κ1) is 22.8. The molecule has 0 saturated carbocycles. The van der Waals surface area contributed by atoms with E-state index in [0.717, 1.165) is 32.9 Å². The smallest absolute Gasteiger partial charge is 0.174 e. The maximum Gasteiger partial charge on any atom is 0.174 e. The van der Waals surface area contributed by atoms with Crippen LogP contribution in [-0.2, 0) is 0 Å². The first-order valence-electron chi connectivity index (χ1n) is 10.9. The van der Waals surface area contributed by atoms with Crippen molar-refractivity contribution in [2.75, 3.05) is 11.5 Å². The number of benzene rings is 2. The average Bonchev–Trinajstić information content (AvgIpc) is 3.46. The zero-order valence-electron chi connectivity index (χ0n) is 18.4. The number of aromatic nitrogens is 1. The fourth-order valence-corrected chi connectivity index (χ4v) is 5.21. The quantitative estimate of drug-likeness (QED) is 0.269. The molecule has 4 aromatic rings. The van der Waals surface area contributed by atoms with E-state index in [1.807, 2.05) is 85.8 Å². The van der Waals surface area contributed by atoms with Gasteiger partial charge in [-0.1, -0.05) is 29.4 Å². The van der Waals surface area contributed by atoms with Gasteiger partial charge in [-0.2, -0.15) is 0 Å². The summed E-state index contributed by atoms with van der Waals surface area (Å²) in [6.07, 6.45) is 1.79. The third-order valence-electron chi connectivity index (χ3n) is 5.45. The molecular formula is C26H22ClN3O2S2. The lowest BCUT2D eigenvalue weighted by Gasteiger charge is -2.26. The summed E-state index contributed by atoms with van der Waals surface area (Å²) in [5.74, 6) is 1.62. The van der Waals surface area contributed by atoms with Gasteiger partial charge in [0, 0.05) is 21.8 Å². The van der Waals surface area contributed by atoms with E-state index in [2.05, 4.69) is 15.2 Å². The molecule has 1 aliphatic rings. The van der Waals surface area contributed by atoms with Gasteiger partial charge in [0.25, 0.3) is 0 Å². The number of anilines is 1. The lowest BCUT2D eigenvalue weighted by molar-refractivity contribution is 0.340. The summed E-state index contributed by atoms with van der Waals surface area (Å²) in [5, 5.41) is 5.57. The van der Waals surface area contributed by atoms with Crippen LogP contribution in [0.5, 0.6) is 5.75 Å². The van der Waals surface area contributed by atoms with Gasteiger partial charge >= 0.3 is 0 Å². The molecule has 1 saturated heterocycles. The lowest BCUT2D eigenvalue weighted by atomic mass is 10.0. The SMILES string of the molecule is CCOc1ccc(N2C(=S)N[C@H](c3ccccn3)[C@H]2c2ccc(Sc3ccc(Cl)cc3)o2)cc1. The van der Waals surface area contributed by atoms with Crippen LogP contribution >= 0.6 is 35.6 Å². The third-order valence-corrected chi connectivity index (χ3v) is 6.94. The van der Waals surface area contributed by atoms with Crippen LogP contribution in [-0.4, -0.2) is 16.7 Å². The van der Waals surface area contributed by atoms with Crippen LogP contribution in [0.15, 0.2) is 99.5 Å². The highest BCUT2D eigenvalue weighted by atomic mass is 35.5. The number of furan rings is 1. The van der Waals surface area contributed by atoms with Gasteiger partial charge in [-0.3, -0.25) is 4.98 Å². The van der Waals surface area contributed by atoms with Crippen molar-refractivity contribution < 1.29 is 9.15 Å². The first-order valence-corrected chi connectivity index (χ1v) is 12.5. The second kappa shape index (κ2) is 10.1. The molecule has 2 aromatic carbocycles. The number of thiocarbonyl (C=S) groups is 1. The Labute approximate surface area is 213 Å². The summed E-state index contributed by atoms with van der Waals surface area (Å²) in [6, 6.07) is 25.1. The van der Waals surface area contributed by atoms with Gasteiger partial charge in [-0.05, 0) is 91.9 Å². The maximum atomic E-state index is 6.35. The van der Waals surface area contributed by atoms with Gasteiger partial charge in [0.1, 0.15) is 17.6 Å². The van der Waals surface area contributed by atoms with E-state index in [1.165, 1.54) is 0 Å². The van der Waals surface area contributed by atoms with Crippen LogP contribution in [0.25, 0.3) is 0 Å². The van der Waals surface area contributed by atoms with Crippen LogP contribution in [0, 0.1) is 0 Å². The van der Waals surface area contributed by atoms with Crippen molar-refractivity contribution >= 4 is 46.4 Å². The number of ether oxygens (including phenoxy) is 1. The van der Waals surface area contributed by atoms with Crippen molar-refractivity contribution in [1.29, 1.82) is 0 Å². The molecule has 172 valence electrons. The summed E-state index contributed by atoms with van der Waals surface area (Å²) in [4.78, 5) is 7.73. The Morgan fingerprint density at radius 1 is 1.06 bits per heavy atom. The first-order chi connectivity index (χ1) is 16.6. The number of hydrogen-bond acceptors (Lipinski definition) is 5. The molecule has 8 heteroatoms. The Morgan fingerprint density at radius 3 is 2.56 bits per heavy atom. The summed E-state index contributed by atoms with van der Waals surface area (Å²) in [7, 11) is 0. The highest BCUT2D eigenvalue weighted by molar-refractivity contribution is 7.99. The molecule has 5 nitrogen and oxygen atoms in total.